The number of imidazole rings is 1. The smallest absolute Gasteiger partial charge is 0.167 e. The largest absolute Gasteiger partial charge is 0.368 e. The summed E-state index contributed by atoms with van der Waals surface area (Å²) in [5.74, 6) is 1.64. The van der Waals surface area contributed by atoms with Crippen molar-refractivity contribution in [3.8, 4) is 11.3 Å². The Morgan fingerprint density at radius 1 is 1.21 bits per heavy atom. The third-order valence-corrected chi connectivity index (χ3v) is 4.57. The molecule has 6 heteroatoms. The highest BCUT2D eigenvalue weighted by Crippen LogP contribution is 2.30. The topological polar surface area (TPSA) is 60.0 Å². The summed E-state index contributed by atoms with van der Waals surface area (Å²) in [6.07, 6.45) is 4.44. The molecule has 1 N–H and O–H groups in total. The number of aromatic nitrogens is 5. The molecule has 4 aromatic rings. The molecule has 1 aliphatic rings. The summed E-state index contributed by atoms with van der Waals surface area (Å²) in [5.41, 5.74) is 4.67. The first-order valence-electron chi connectivity index (χ1n) is 8.30. The molecule has 0 unspecified atom stereocenters. The van der Waals surface area contributed by atoms with Crippen LogP contribution in [-0.4, -0.2) is 30.7 Å². The molecule has 6 nitrogen and oxygen atoms in total. The van der Waals surface area contributed by atoms with E-state index in [0.29, 0.717) is 0 Å². The molecule has 0 amide bonds. The number of aryl methyl sites for hydroxylation is 1. The fourth-order valence-electron chi connectivity index (χ4n) is 3.05. The Balaban J connectivity index is 1.69. The van der Waals surface area contributed by atoms with E-state index in [0.717, 1.165) is 46.3 Å². The molecule has 5 rings (SSSR count). The predicted octanol–water partition coefficient (Wildman–Crippen LogP) is 3.10. The zero-order chi connectivity index (χ0) is 16.1. The van der Waals surface area contributed by atoms with Gasteiger partial charge >= 0.3 is 0 Å². The molecule has 1 aliphatic carbocycles. The lowest BCUT2D eigenvalue weighted by atomic mass is 10.2. The Morgan fingerprint density at radius 3 is 2.83 bits per heavy atom. The van der Waals surface area contributed by atoms with Crippen molar-refractivity contribution >= 4 is 22.6 Å². The Labute approximate surface area is 139 Å². The third kappa shape index (κ3) is 2.14. The maximum Gasteiger partial charge on any atom is 0.167 e. The van der Waals surface area contributed by atoms with Crippen LogP contribution in [0.15, 0.2) is 42.7 Å². The van der Waals surface area contributed by atoms with Gasteiger partial charge in [0.2, 0.25) is 0 Å². The first-order chi connectivity index (χ1) is 11.8. The zero-order valence-electron chi connectivity index (χ0n) is 13.5. The zero-order valence-corrected chi connectivity index (χ0v) is 13.5. The Kier molecular flexibility index (Phi) is 2.85. The average molecular weight is 318 g/mol. The highest BCUT2D eigenvalue weighted by molar-refractivity contribution is 5.86. The SMILES string of the molecule is Cn1cnc2c(NCC3CC3)nc3cc(-c4ccccc4)nn3c21. The van der Waals surface area contributed by atoms with Crippen LogP contribution >= 0.6 is 0 Å². The van der Waals surface area contributed by atoms with E-state index in [1.165, 1.54) is 12.8 Å². The van der Waals surface area contributed by atoms with Crippen molar-refractivity contribution in [3.63, 3.8) is 0 Å². The van der Waals surface area contributed by atoms with Gasteiger partial charge < -0.3 is 9.88 Å². The van der Waals surface area contributed by atoms with Gasteiger partial charge in [0.05, 0.1) is 12.0 Å². The fourth-order valence-corrected chi connectivity index (χ4v) is 3.05. The number of nitrogens with one attached hydrogen (secondary N) is 1. The minimum Gasteiger partial charge on any atom is -0.368 e. The van der Waals surface area contributed by atoms with Crippen LogP contribution in [0.5, 0.6) is 0 Å². The molecule has 0 spiro atoms. The summed E-state index contributed by atoms with van der Waals surface area (Å²) in [4.78, 5) is 9.30. The van der Waals surface area contributed by atoms with E-state index in [1.807, 2.05) is 46.7 Å². The summed E-state index contributed by atoms with van der Waals surface area (Å²) in [6.45, 7) is 0.967. The van der Waals surface area contributed by atoms with Crippen LogP contribution in [0.25, 0.3) is 28.1 Å². The molecule has 3 aromatic heterocycles. The minimum absolute atomic E-state index is 0.784. The first kappa shape index (κ1) is 13.5. The van der Waals surface area contributed by atoms with E-state index in [1.54, 1.807) is 0 Å². The Hall–Kier alpha value is -2.89. The number of rotatable bonds is 4. The number of fused-ring (bicyclic) bond motifs is 3. The van der Waals surface area contributed by atoms with Crippen molar-refractivity contribution in [3.05, 3.63) is 42.7 Å². The molecule has 1 aromatic carbocycles. The average Bonchev–Trinajstić information content (AvgIpc) is 3.22. The van der Waals surface area contributed by atoms with Crippen LogP contribution in [0.4, 0.5) is 5.82 Å². The molecular formula is C18H18N6. The fraction of sp³-hybridized carbons (Fsp3) is 0.278. The molecule has 0 atom stereocenters. The van der Waals surface area contributed by atoms with Gasteiger partial charge in [-0.05, 0) is 18.8 Å². The number of hydrogen-bond acceptors (Lipinski definition) is 4. The summed E-state index contributed by atoms with van der Waals surface area (Å²) >= 11 is 0. The molecule has 0 radical (unpaired) electrons. The summed E-state index contributed by atoms with van der Waals surface area (Å²) in [5, 5.41) is 8.23. The van der Waals surface area contributed by atoms with Crippen molar-refractivity contribution in [2.75, 3.05) is 11.9 Å². The van der Waals surface area contributed by atoms with E-state index >= 15 is 0 Å². The molecule has 1 saturated carbocycles. The van der Waals surface area contributed by atoms with E-state index < -0.39 is 0 Å². The monoisotopic (exact) mass is 318 g/mol. The van der Waals surface area contributed by atoms with Crippen molar-refractivity contribution < 1.29 is 0 Å². The van der Waals surface area contributed by atoms with Crippen LogP contribution in [-0.2, 0) is 7.05 Å². The molecule has 1 fully saturated rings. The lowest BCUT2D eigenvalue weighted by molar-refractivity contribution is 0.869. The third-order valence-electron chi connectivity index (χ3n) is 4.57. The second kappa shape index (κ2) is 5.06. The van der Waals surface area contributed by atoms with Gasteiger partial charge in [-0.25, -0.2) is 9.97 Å². The van der Waals surface area contributed by atoms with E-state index in [9.17, 15) is 0 Å². The van der Waals surface area contributed by atoms with Crippen LogP contribution in [0.1, 0.15) is 12.8 Å². The first-order valence-corrected chi connectivity index (χ1v) is 8.30. The minimum atomic E-state index is 0.784. The van der Waals surface area contributed by atoms with Crippen LogP contribution in [0, 0.1) is 5.92 Å². The maximum atomic E-state index is 4.78. The molecule has 0 aliphatic heterocycles. The predicted molar refractivity (Wildman–Crippen MR) is 93.9 cm³/mol. The van der Waals surface area contributed by atoms with Gasteiger partial charge in [0.1, 0.15) is 0 Å². The van der Waals surface area contributed by atoms with Gasteiger partial charge in [-0.2, -0.15) is 9.61 Å². The molecule has 0 bridgehead atoms. The molecule has 3 heterocycles. The van der Waals surface area contributed by atoms with Gasteiger partial charge in [0, 0.05) is 25.2 Å². The Bertz CT molecular complexity index is 1030. The molecular weight excluding hydrogens is 300 g/mol. The number of anilines is 1. The van der Waals surface area contributed by atoms with Crippen molar-refractivity contribution in [2.24, 2.45) is 13.0 Å². The molecule has 120 valence electrons. The standard InChI is InChI=1S/C18H18N6/c1-23-11-20-16-17(19-10-12-7-8-12)21-15-9-14(22-24(15)18(16)23)13-5-3-2-4-6-13/h2-6,9,11-12H,7-8,10H2,1H3,(H,19,21). The van der Waals surface area contributed by atoms with E-state index in [-0.39, 0.29) is 0 Å². The van der Waals surface area contributed by atoms with E-state index in [2.05, 4.69) is 22.4 Å². The molecule has 24 heavy (non-hydrogen) atoms. The van der Waals surface area contributed by atoms with Gasteiger partial charge in [-0.3, -0.25) is 0 Å². The Morgan fingerprint density at radius 2 is 2.04 bits per heavy atom. The van der Waals surface area contributed by atoms with Crippen LogP contribution < -0.4 is 5.32 Å². The summed E-state index contributed by atoms with van der Waals surface area (Å²) in [7, 11) is 1.99. The van der Waals surface area contributed by atoms with Gasteiger partial charge in [0.15, 0.2) is 22.6 Å². The maximum absolute atomic E-state index is 4.78. The van der Waals surface area contributed by atoms with Crippen molar-refractivity contribution in [1.82, 2.24) is 24.1 Å². The van der Waals surface area contributed by atoms with Gasteiger partial charge in [0.25, 0.3) is 0 Å². The molecule has 0 saturated heterocycles. The summed E-state index contributed by atoms with van der Waals surface area (Å²) in [6, 6.07) is 12.2. The van der Waals surface area contributed by atoms with E-state index in [4.69, 9.17) is 10.1 Å². The summed E-state index contributed by atoms with van der Waals surface area (Å²) < 4.78 is 3.88. The second-order valence-electron chi connectivity index (χ2n) is 6.48. The highest BCUT2D eigenvalue weighted by Gasteiger charge is 2.22. The van der Waals surface area contributed by atoms with Crippen LogP contribution in [0.3, 0.4) is 0 Å². The highest BCUT2D eigenvalue weighted by atomic mass is 15.3. The number of hydrogen-bond donors (Lipinski definition) is 1. The number of benzene rings is 1. The van der Waals surface area contributed by atoms with Crippen molar-refractivity contribution in [1.29, 1.82) is 0 Å². The lowest BCUT2D eigenvalue weighted by Crippen LogP contribution is -2.08. The van der Waals surface area contributed by atoms with Gasteiger partial charge in [-0.15, -0.1) is 0 Å². The number of nitrogens with zero attached hydrogens (tertiary/aromatic N) is 5. The van der Waals surface area contributed by atoms with Crippen LogP contribution in [0.2, 0.25) is 0 Å². The second-order valence-corrected chi connectivity index (χ2v) is 6.48. The van der Waals surface area contributed by atoms with Gasteiger partial charge in [-0.1, -0.05) is 30.3 Å². The lowest BCUT2D eigenvalue weighted by Gasteiger charge is -2.07. The normalized spacial score (nSPS) is 14.5. The quantitative estimate of drug-likeness (QED) is 0.628. The van der Waals surface area contributed by atoms with Crippen molar-refractivity contribution in [2.45, 2.75) is 12.8 Å².